The summed E-state index contributed by atoms with van der Waals surface area (Å²) in [5.74, 6) is 0.864. The Morgan fingerprint density at radius 2 is 2.00 bits per heavy atom. The van der Waals surface area contributed by atoms with Gasteiger partial charge in [0.05, 0.1) is 10.8 Å². The van der Waals surface area contributed by atoms with E-state index in [-0.39, 0.29) is 6.10 Å². The molecule has 2 N–H and O–H groups in total. The normalized spacial score (nSPS) is 11.3. The third-order valence-electron chi connectivity index (χ3n) is 2.36. The molecule has 1 aromatic heterocycles. The minimum atomic E-state index is 0.146. The summed E-state index contributed by atoms with van der Waals surface area (Å²) in [4.78, 5) is 4.36. The Kier molecular flexibility index (Phi) is 2.76. The van der Waals surface area contributed by atoms with Crippen LogP contribution in [0.3, 0.4) is 0 Å². The first-order valence-electron chi connectivity index (χ1n) is 5.32. The van der Waals surface area contributed by atoms with E-state index in [1.54, 1.807) is 0 Å². The van der Waals surface area contributed by atoms with Gasteiger partial charge in [0.15, 0.2) is 5.13 Å². The lowest BCUT2D eigenvalue weighted by Gasteiger charge is -2.13. The second kappa shape index (κ2) is 3.94. The maximum Gasteiger partial charge on any atom is 0.181 e. The molecule has 0 saturated heterocycles. The van der Waals surface area contributed by atoms with Gasteiger partial charge in [-0.2, -0.15) is 0 Å². The minimum absolute atomic E-state index is 0.146. The monoisotopic (exact) mass is 236 g/mol. The van der Waals surface area contributed by atoms with E-state index in [1.807, 2.05) is 20.8 Å². The van der Waals surface area contributed by atoms with Crippen molar-refractivity contribution >= 4 is 26.7 Å². The molecule has 0 bridgehead atoms. The zero-order valence-electron chi connectivity index (χ0n) is 10.00. The van der Waals surface area contributed by atoms with E-state index in [0.29, 0.717) is 5.13 Å². The molecule has 0 aliphatic heterocycles. The summed E-state index contributed by atoms with van der Waals surface area (Å²) < 4.78 is 6.94. The molecule has 3 nitrogen and oxygen atoms in total. The van der Waals surface area contributed by atoms with Gasteiger partial charge in [-0.1, -0.05) is 17.4 Å². The highest BCUT2D eigenvalue weighted by molar-refractivity contribution is 7.22. The maximum absolute atomic E-state index is 5.82. The van der Waals surface area contributed by atoms with Gasteiger partial charge in [0.1, 0.15) is 11.3 Å². The van der Waals surface area contributed by atoms with Crippen LogP contribution in [-0.2, 0) is 0 Å². The van der Waals surface area contributed by atoms with E-state index in [2.05, 4.69) is 18.0 Å². The minimum Gasteiger partial charge on any atom is -0.488 e. The average Bonchev–Trinajstić information content (AvgIpc) is 2.54. The molecule has 86 valence electrons. The number of nitrogen functional groups attached to an aromatic ring is 1. The fourth-order valence-electron chi connectivity index (χ4n) is 1.78. The molecule has 0 aliphatic carbocycles. The Balaban J connectivity index is 2.70. The Labute approximate surface area is 99.3 Å². The van der Waals surface area contributed by atoms with Crippen molar-refractivity contribution in [1.29, 1.82) is 0 Å². The number of aromatic nitrogens is 1. The van der Waals surface area contributed by atoms with Gasteiger partial charge in [0.2, 0.25) is 0 Å². The van der Waals surface area contributed by atoms with Crippen LogP contribution in [0.5, 0.6) is 5.75 Å². The van der Waals surface area contributed by atoms with Crippen molar-refractivity contribution in [3.8, 4) is 5.75 Å². The van der Waals surface area contributed by atoms with E-state index < -0.39 is 0 Å². The lowest BCUT2D eigenvalue weighted by molar-refractivity contribution is 0.243. The van der Waals surface area contributed by atoms with Crippen LogP contribution in [-0.4, -0.2) is 11.1 Å². The molecule has 16 heavy (non-hydrogen) atoms. The summed E-state index contributed by atoms with van der Waals surface area (Å²) in [5, 5.41) is 0.595. The number of hydrogen-bond donors (Lipinski definition) is 1. The summed E-state index contributed by atoms with van der Waals surface area (Å²) in [6, 6.07) is 2.12. The number of nitrogens with two attached hydrogens (primary N) is 1. The highest BCUT2D eigenvalue weighted by atomic mass is 32.1. The maximum atomic E-state index is 5.82. The number of aryl methyl sites for hydroxylation is 2. The molecule has 0 aliphatic rings. The van der Waals surface area contributed by atoms with Crippen molar-refractivity contribution in [3.05, 3.63) is 17.2 Å². The number of hydrogen-bond acceptors (Lipinski definition) is 4. The van der Waals surface area contributed by atoms with Crippen LogP contribution in [0, 0.1) is 13.8 Å². The van der Waals surface area contributed by atoms with Crippen molar-refractivity contribution < 1.29 is 4.74 Å². The standard InChI is InChI=1S/C12H16N2OS/c1-6(2)15-10-7(3)5-8(4)11-9(10)14-12(13)16-11/h5-6H,1-4H3,(H2,13,14). The largest absolute Gasteiger partial charge is 0.488 e. The molecule has 2 rings (SSSR count). The molecule has 0 amide bonds. The van der Waals surface area contributed by atoms with Crippen LogP contribution in [0.1, 0.15) is 25.0 Å². The first-order valence-corrected chi connectivity index (χ1v) is 6.13. The van der Waals surface area contributed by atoms with Crippen LogP contribution >= 0.6 is 11.3 Å². The number of nitrogens with zero attached hydrogens (tertiary/aromatic N) is 1. The Hall–Kier alpha value is -1.29. The average molecular weight is 236 g/mol. The van der Waals surface area contributed by atoms with Crippen LogP contribution in [0.25, 0.3) is 10.2 Å². The van der Waals surface area contributed by atoms with Gasteiger partial charge in [-0.25, -0.2) is 4.98 Å². The molecule has 4 heteroatoms. The predicted octanol–water partition coefficient (Wildman–Crippen LogP) is 3.28. The molecule has 0 radical (unpaired) electrons. The van der Waals surface area contributed by atoms with Gasteiger partial charge < -0.3 is 10.5 Å². The summed E-state index contributed by atoms with van der Waals surface area (Å²) in [7, 11) is 0. The number of rotatable bonds is 2. The third kappa shape index (κ3) is 1.85. The lowest BCUT2D eigenvalue weighted by atomic mass is 10.1. The molecule has 1 aromatic carbocycles. The summed E-state index contributed by atoms with van der Waals surface area (Å²) in [5.41, 5.74) is 8.98. The van der Waals surface area contributed by atoms with E-state index in [9.17, 15) is 0 Å². The lowest BCUT2D eigenvalue weighted by Crippen LogP contribution is -2.07. The molecule has 0 unspecified atom stereocenters. The summed E-state index contributed by atoms with van der Waals surface area (Å²) >= 11 is 1.52. The Morgan fingerprint density at radius 3 is 2.62 bits per heavy atom. The molecular weight excluding hydrogens is 220 g/mol. The Morgan fingerprint density at radius 1 is 1.31 bits per heavy atom. The predicted molar refractivity (Wildman–Crippen MR) is 69.3 cm³/mol. The summed E-state index contributed by atoms with van der Waals surface area (Å²) in [6.07, 6.45) is 0.146. The molecule has 0 fully saturated rings. The van der Waals surface area contributed by atoms with Gasteiger partial charge in [0, 0.05) is 0 Å². The van der Waals surface area contributed by atoms with Gasteiger partial charge in [-0.15, -0.1) is 0 Å². The van der Waals surface area contributed by atoms with Crippen LogP contribution in [0.15, 0.2) is 6.07 Å². The van der Waals surface area contributed by atoms with Gasteiger partial charge >= 0.3 is 0 Å². The highest BCUT2D eigenvalue weighted by Gasteiger charge is 2.14. The molecular formula is C12H16N2OS. The molecule has 2 aromatic rings. The molecule has 0 spiro atoms. The number of ether oxygens (including phenoxy) is 1. The van der Waals surface area contributed by atoms with Crippen LogP contribution < -0.4 is 10.5 Å². The molecule has 0 saturated carbocycles. The number of fused-ring (bicyclic) bond motifs is 1. The topological polar surface area (TPSA) is 48.1 Å². The molecule has 0 atom stereocenters. The second-order valence-electron chi connectivity index (χ2n) is 4.24. The smallest absolute Gasteiger partial charge is 0.181 e. The SMILES string of the molecule is Cc1cc(C)c2sc(N)nc2c1OC(C)C. The zero-order chi connectivity index (χ0) is 11.9. The zero-order valence-corrected chi connectivity index (χ0v) is 10.8. The van der Waals surface area contributed by atoms with Gasteiger partial charge in [-0.3, -0.25) is 0 Å². The third-order valence-corrected chi connectivity index (χ3v) is 3.38. The first-order chi connectivity index (χ1) is 7.49. The van der Waals surface area contributed by atoms with Gasteiger partial charge in [0.25, 0.3) is 0 Å². The van der Waals surface area contributed by atoms with Crippen molar-refractivity contribution in [2.24, 2.45) is 0 Å². The number of benzene rings is 1. The molecule has 1 heterocycles. The van der Waals surface area contributed by atoms with Crippen molar-refractivity contribution in [3.63, 3.8) is 0 Å². The van der Waals surface area contributed by atoms with Crippen LogP contribution in [0.2, 0.25) is 0 Å². The van der Waals surface area contributed by atoms with Crippen molar-refractivity contribution in [2.75, 3.05) is 5.73 Å². The van der Waals surface area contributed by atoms with Gasteiger partial charge in [-0.05, 0) is 38.8 Å². The first kappa shape index (κ1) is 11.2. The van der Waals surface area contributed by atoms with Crippen molar-refractivity contribution in [1.82, 2.24) is 4.98 Å². The number of anilines is 1. The van der Waals surface area contributed by atoms with Crippen LogP contribution in [0.4, 0.5) is 5.13 Å². The Bertz CT molecular complexity index is 531. The number of thiazole rings is 1. The van der Waals surface area contributed by atoms with E-state index in [4.69, 9.17) is 10.5 Å². The van der Waals surface area contributed by atoms with E-state index in [0.717, 1.165) is 21.5 Å². The fraction of sp³-hybridized carbons (Fsp3) is 0.417. The van der Waals surface area contributed by atoms with Crippen molar-refractivity contribution in [2.45, 2.75) is 33.8 Å². The second-order valence-corrected chi connectivity index (χ2v) is 5.27. The van der Waals surface area contributed by atoms with E-state index >= 15 is 0 Å². The highest BCUT2D eigenvalue weighted by Crippen LogP contribution is 2.36. The van der Waals surface area contributed by atoms with E-state index in [1.165, 1.54) is 16.9 Å². The quantitative estimate of drug-likeness (QED) is 0.870. The summed E-state index contributed by atoms with van der Waals surface area (Å²) in [6.45, 7) is 8.15. The fourth-order valence-corrected chi connectivity index (χ4v) is 2.59.